The number of aromatic carboxylic acids is 2. The van der Waals surface area contributed by atoms with Crippen LogP contribution in [0.25, 0.3) is 0 Å². The summed E-state index contributed by atoms with van der Waals surface area (Å²) in [4.78, 5) is 148. The zero-order chi connectivity index (χ0) is 106. The van der Waals surface area contributed by atoms with Crippen LogP contribution < -0.4 is 41.7 Å². The van der Waals surface area contributed by atoms with Crippen molar-refractivity contribution in [3.63, 3.8) is 0 Å². The Morgan fingerprint density at radius 2 is 0.608 bits per heavy atom. The number of carbonyl (C=O) groups is 10. The van der Waals surface area contributed by atoms with Gasteiger partial charge in [0.15, 0.2) is 14.0 Å². The molecule has 8 heterocycles. The highest BCUT2D eigenvalue weighted by Crippen LogP contribution is 2.39. The third-order valence-electron chi connectivity index (χ3n) is 25.6. The van der Waals surface area contributed by atoms with Gasteiger partial charge in [0.25, 0.3) is 23.6 Å². The number of hydrogen-bond acceptors (Lipinski definition) is 26. The van der Waals surface area contributed by atoms with Crippen LogP contribution in [-0.4, -0.2) is 201 Å². The first-order chi connectivity index (χ1) is 67.4. The molecule has 5 aromatic heterocycles. The summed E-state index contributed by atoms with van der Waals surface area (Å²) in [5.41, 5.74) is 24.1. The van der Waals surface area contributed by atoms with Crippen molar-refractivity contribution in [2.24, 2.45) is 17.8 Å². The van der Waals surface area contributed by atoms with E-state index in [4.69, 9.17) is 57.7 Å². The number of rotatable bonds is 22. The molecule has 3 unspecified atom stereocenters. The summed E-state index contributed by atoms with van der Waals surface area (Å²) < 4.78 is 25.4. The Labute approximate surface area is 848 Å². The second kappa shape index (κ2) is 51.9. The number of aromatic nitrogens is 5. The molecule has 5 aromatic carbocycles. The van der Waals surface area contributed by atoms with Gasteiger partial charge < -0.3 is 85.5 Å². The van der Waals surface area contributed by atoms with Gasteiger partial charge in [-0.05, 0) is 353 Å². The number of aliphatic hydroxyl groups excluding tert-OH is 2. The fourth-order valence-electron chi connectivity index (χ4n) is 16.4. The highest BCUT2D eigenvalue weighted by atomic mass is 35.5. The number of benzene rings is 5. The lowest BCUT2D eigenvalue weighted by molar-refractivity contribution is 0.0591. The number of nitrogens with zero attached hydrogens (tertiary/aromatic N) is 8. The summed E-state index contributed by atoms with van der Waals surface area (Å²) in [5, 5.41) is 49.1. The summed E-state index contributed by atoms with van der Waals surface area (Å²) in [7, 11) is 3.60. The molecule has 3 aliphatic rings. The van der Waals surface area contributed by atoms with Crippen LogP contribution >= 0.6 is 23.2 Å². The van der Waals surface area contributed by atoms with Crippen molar-refractivity contribution < 1.29 is 91.7 Å². The Balaban J connectivity index is 0.000000218. The number of piperidine rings is 3. The van der Waals surface area contributed by atoms with Crippen molar-refractivity contribution in [2.45, 2.75) is 181 Å². The number of hydrogen-bond donors (Lipinski definition) is 9. The van der Waals surface area contributed by atoms with Gasteiger partial charge in [-0.15, -0.1) is 0 Å². The quantitative estimate of drug-likeness (QED) is 0.0100. The minimum absolute atomic E-state index is 0.0116. The van der Waals surface area contributed by atoms with Crippen LogP contribution in [0.2, 0.25) is 28.4 Å². The minimum atomic E-state index is -1.79. The van der Waals surface area contributed by atoms with Crippen LogP contribution in [0.15, 0.2) is 121 Å². The van der Waals surface area contributed by atoms with Crippen LogP contribution in [0, 0.1) is 122 Å². The SMILES string of the molecule is COC(=O)c1cc(C)c(N)c(C)c1.COC(=O)c1cc(C)c(NC(=O)c2nc(Cl)ccc2C)c(C)c1.COC(=O)c1cc(C)c(NC(=O)c2nc(N3CCCC(CO)C3)ccc2C)c(C)c1.COC(=O)c1cc(C)c(NC(=O)c2nc(N3CCCC(CO[Si](C)(C)C(C)(C)C)C3)ccc2C)c(C)c1.Cc1ccc(Cl)nc1C(=O)O.Cc1ccc(N2CCCC(CO)C2)nc1C(=O)Nc1c(C)cc(C(=O)O)cc1C. The maximum absolute atomic E-state index is 13.3. The van der Waals surface area contributed by atoms with Crippen molar-refractivity contribution in [3.05, 3.63) is 271 Å². The van der Waals surface area contributed by atoms with Gasteiger partial charge in [-0.1, -0.05) is 74.3 Å². The molecule has 35 heteroatoms. The van der Waals surface area contributed by atoms with E-state index in [0.717, 1.165) is 174 Å². The lowest BCUT2D eigenvalue weighted by Gasteiger charge is -2.39. The second-order valence-corrected chi connectivity index (χ2v) is 43.3. The normalized spacial score (nSPS) is 14.3. The number of aliphatic hydroxyl groups is 2. The van der Waals surface area contributed by atoms with E-state index >= 15 is 0 Å². The molecule has 0 aliphatic carbocycles. The average molecular weight is 2020 g/mol. The Kier molecular flexibility index (Phi) is 41.6. The molecule has 0 radical (unpaired) electrons. The number of amides is 4. The molecule has 0 spiro atoms. The van der Waals surface area contributed by atoms with Crippen molar-refractivity contribution >= 4 is 137 Å². The molecule has 13 rings (SSSR count). The lowest BCUT2D eigenvalue weighted by Crippen LogP contribution is -2.44. The fraction of sp³-hybridized carbons (Fsp3) is 0.398. The molecule has 3 fully saturated rings. The maximum Gasteiger partial charge on any atom is 0.354 e. The highest BCUT2D eigenvalue weighted by Gasteiger charge is 2.39. The number of methoxy groups -OCH3 is 4. The number of aryl methyl sites for hydroxylation is 15. The van der Waals surface area contributed by atoms with E-state index in [-0.39, 0.29) is 86.9 Å². The Bertz CT molecular complexity index is 6250. The Morgan fingerprint density at radius 3 is 0.867 bits per heavy atom. The monoisotopic (exact) mass is 2020 g/mol. The van der Waals surface area contributed by atoms with E-state index in [0.29, 0.717) is 84.7 Å². The van der Waals surface area contributed by atoms with Crippen LogP contribution in [0.3, 0.4) is 0 Å². The van der Waals surface area contributed by atoms with E-state index in [9.17, 15) is 63.3 Å². The van der Waals surface area contributed by atoms with Gasteiger partial charge >= 0.3 is 35.8 Å². The first kappa shape index (κ1) is 115. The smallest absolute Gasteiger partial charge is 0.354 e. The van der Waals surface area contributed by atoms with Crippen LogP contribution in [0.5, 0.6) is 0 Å². The van der Waals surface area contributed by atoms with E-state index < -0.39 is 38.2 Å². The molecular formula is C108H135Cl2N13O19Si. The number of ether oxygens (including phenoxy) is 4. The standard InChI is InChI=1S/C29H43N3O4Si.C23H29N3O4.C22H27N3O4.C17H17ClN2O3.C10H13NO2.C7H6ClNO2/c1-19-12-13-24(32-14-10-11-22(17-32)18-36-37(8,9)29(4,5)6)30-26(19)27(33)31-25-20(2)15-23(16-21(25)3)28(34)35-7;1-14-7-8-19(26-9-5-6-17(12-26)13-27)24-21(14)22(28)25-20-15(2)10-18(11-16(20)3)23(29)30-4;1-13-6-7-18(25-8-4-5-16(11-25)12-26)23-20(13)21(27)24-19-14(2)9-17(22(28)29)10-15(19)3;1-9-5-6-13(18)19-15(9)16(21)20-14-10(2)7-12(8-11(14)3)17(22)23-4;1-6-4-8(10(12)13-3)5-7(2)9(6)11;1-4-2-3-5(8)9-6(4)7(10)11/h12-13,15-16,22H,10-11,14,17-18H2,1-9H3,(H,31,33);7-8,10-11,17,27H,5-6,9,12-13H2,1-4H3,(H,25,28);6-7,9-10,16,26H,4-5,8,11-12H2,1-3H3,(H,24,27)(H,28,29);5-8H,1-4H3,(H,20,21);4-5H,11H2,1-3H3;2-3H,1H3,(H,10,11). The van der Waals surface area contributed by atoms with Gasteiger partial charge in [-0.2, -0.15) is 0 Å². The maximum atomic E-state index is 13.3. The number of anilines is 8. The van der Waals surface area contributed by atoms with Gasteiger partial charge in [0.05, 0.1) is 56.3 Å². The second-order valence-electron chi connectivity index (χ2n) is 37.8. The van der Waals surface area contributed by atoms with Gasteiger partial charge in [0.2, 0.25) is 0 Å². The number of nitrogens with one attached hydrogen (secondary N) is 4. The molecule has 10 aromatic rings. The highest BCUT2D eigenvalue weighted by molar-refractivity contribution is 6.74. The first-order valence-electron chi connectivity index (χ1n) is 47.0. The molecule has 143 heavy (non-hydrogen) atoms. The molecule has 0 saturated carbocycles. The van der Waals surface area contributed by atoms with Gasteiger partial charge in [0, 0.05) is 87.5 Å². The number of carbonyl (C=O) groups excluding carboxylic acids is 8. The van der Waals surface area contributed by atoms with E-state index in [2.05, 4.69) is 94.5 Å². The molecule has 764 valence electrons. The lowest BCUT2D eigenvalue weighted by atomic mass is 9.99. The summed E-state index contributed by atoms with van der Waals surface area (Å²) in [6.45, 7) is 44.8. The largest absolute Gasteiger partial charge is 0.478 e. The molecule has 3 atom stereocenters. The van der Waals surface area contributed by atoms with Crippen molar-refractivity contribution in [1.82, 2.24) is 24.9 Å². The molecule has 10 N–H and O–H groups in total. The Morgan fingerprint density at radius 1 is 0.364 bits per heavy atom. The van der Waals surface area contributed by atoms with Crippen LogP contribution in [0.4, 0.5) is 45.9 Å². The number of esters is 4. The number of pyridine rings is 5. The first-order valence-corrected chi connectivity index (χ1v) is 50.7. The van der Waals surface area contributed by atoms with Gasteiger partial charge in [-0.25, -0.2) is 53.7 Å². The summed E-state index contributed by atoms with van der Waals surface area (Å²) in [6.07, 6.45) is 6.20. The molecule has 3 aliphatic heterocycles. The van der Waals surface area contributed by atoms with E-state index in [1.54, 1.807) is 113 Å². The zero-order valence-corrected chi connectivity index (χ0v) is 88.7. The summed E-state index contributed by atoms with van der Waals surface area (Å²) in [5.74, 6) is -1.61. The van der Waals surface area contributed by atoms with Crippen LogP contribution in [-0.2, 0) is 23.4 Å². The molecule has 3 saturated heterocycles. The topological polar surface area (TPSA) is 446 Å². The van der Waals surface area contributed by atoms with Gasteiger partial charge in [-0.3, -0.25) is 19.2 Å². The van der Waals surface area contributed by atoms with Crippen molar-refractivity contribution in [3.8, 4) is 0 Å². The third kappa shape index (κ3) is 31.2. The van der Waals surface area contributed by atoms with E-state index in [1.807, 2.05) is 113 Å². The minimum Gasteiger partial charge on any atom is -0.478 e. The number of nitrogens with two attached hydrogens (primary N) is 1. The number of carboxylic acid groups (broad SMARTS) is 2. The molecular weight excluding hydrogens is 1880 g/mol. The third-order valence-corrected chi connectivity index (χ3v) is 30.5. The Hall–Kier alpha value is -13.6. The van der Waals surface area contributed by atoms with Crippen molar-refractivity contribution in [1.29, 1.82) is 0 Å². The fourth-order valence-corrected chi connectivity index (χ4v) is 17.8. The average Bonchev–Trinajstić information content (AvgIpc) is 0.807. The number of halogens is 2. The molecule has 0 bridgehead atoms. The molecule has 4 amide bonds. The van der Waals surface area contributed by atoms with Gasteiger partial charge in [0.1, 0.15) is 50.5 Å². The summed E-state index contributed by atoms with van der Waals surface area (Å²) >= 11 is 11.3. The number of carboxylic acids is 2. The predicted molar refractivity (Wildman–Crippen MR) is 562 cm³/mol. The van der Waals surface area contributed by atoms with E-state index in [1.165, 1.54) is 28.4 Å². The van der Waals surface area contributed by atoms with Crippen LogP contribution in [0.1, 0.15) is 247 Å². The number of nitrogen functional groups attached to an aromatic ring is 1. The zero-order valence-electron chi connectivity index (χ0n) is 86.2. The van der Waals surface area contributed by atoms with Crippen molar-refractivity contribution in [2.75, 3.05) is 129 Å². The molecule has 32 nitrogen and oxygen atoms in total. The predicted octanol–water partition coefficient (Wildman–Crippen LogP) is 19.8. The summed E-state index contributed by atoms with van der Waals surface area (Å²) in [6, 6.07) is 34.9.